The third-order valence-electron chi connectivity index (χ3n) is 2.50. The quantitative estimate of drug-likeness (QED) is 0.559. The van der Waals surface area contributed by atoms with Crippen molar-refractivity contribution in [3.8, 4) is 30.4 Å². The molecule has 4 heteroatoms. The Morgan fingerprint density at radius 3 is 2.40 bits per heavy atom. The van der Waals surface area contributed by atoms with E-state index in [9.17, 15) is 4.79 Å². The monoisotopic (exact) mass is 271 g/mol. The van der Waals surface area contributed by atoms with Gasteiger partial charge in [-0.05, 0) is 31.2 Å². The summed E-state index contributed by atoms with van der Waals surface area (Å²) >= 11 is 0. The molecule has 0 heterocycles. The lowest BCUT2D eigenvalue weighted by Crippen LogP contribution is -2.33. The van der Waals surface area contributed by atoms with Crippen LogP contribution in [0.1, 0.15) is 6.92 Å². The zero-order valence-corrected chi connectivity index (χ0v) is 11.5. The third-order valence-corrected chi connectivity index (χ3v) is 2.50. The Hall–Kier alpha value is -2.43. The maximum absolute atomic E-state index is 12.0. The van der Waals surface area contributed by atoms with Crippen molar-refractivity contribution in [1.29, 1.82) is 0 Å². The highest BCUT2D eigenvalue weighted by Gasteiger charge is 2.13. The van der Waals surface area contributed by atoms with E-state index in [0.29, 0.717) is 12.3 Å². The fourth-order valence-corrected chi connectivity index (χ4v) is 1.63. The molecule has 104 valence electrons. The summed E-state index contributed by atoms with van der Waals surface area (Å²) in [6.45, 7) is 2.75. The van der Waals surface area contributed by atoms with E-state index in [1.165, 1.54) is 0 Å². The molecule has 4 nitrogen and oxygen atoms in total. The van der Waals surface area contributed by atoms with Crippen molar-refractivity contribution >= 4 is 11.6 Å². The first-order chi connectivity index (χ1) is 9.72. The van der Waals surface area contributed by atoms with E-state index in [-0.39, 0.29) is 25.7 Å². The average Bonchev–Trinajstić information content (AvgIpc) is 2.47. The van der Waals surface area contributed by atoms with Gasteiger partial charge in [-0.1, -0.05) is 11.8 Å². The molecular weight excluding hydrogens is 254 g/mol. The lowest BCUT2D eigenvalue weighted by atomic mass is 10.2. The van der Waals surface area contributed by atoms with Crippen LogP contribution in [0.4, 0.5) is 5.69 Å². The van der Waals surface area contributed by atoms with Crippen molar-refractivity contribution in [3.63, 3.8) is 0 Å². The summed E-state index contributed by atoms with van der Waals surface area (Å²) in [5.41, 5.74) is 0.773. The van der Waals surface area contributed by atoms with E-state index in [1.807, 2.05) is 6.92 Å². The second-order valence-electron chi connectivity index (χ2n) is 3.82. The molecule has 0 fully saturated rings. The molecular formula is C16H17NO3. The number of benzene rings is 1. The Morgan fingerprint density at radius 2 is 1.85 bits per heavy atom. The van der Waals surface area contributed by atoms with Crippen molar-refractivity contribution in [1.82, 2.24) is 0 Å². The molecule has 1 aromatic carbocycles. The molecule has 1 amide bonds. The SMILES string of the molecule is C#CCOCC(=O)N(CC)c1ccc(OCC#C)cc1. The molecule has 0 aliphatic carbocycles. The van der Waals surface area contributed by atoms with Gasteiger partial charge in [-0.15, -0.1) is 12.8 Å². The molecule has 0 bridgehead atoms. The van der Waals surface area contributed by atoms with Gasteiger partial charge in [0, 0.05) is 12.2 Å². The van der Waals surface area contributed by atoms with E-state index in [2.05, 4.69) is 11.8 Å². The average molecular weight is 271 g/mol. The molecule has 0 spiro atoms. The first-order valence-electron chi connectivity index (χ1n) is 6.20. The molecule has 0 aliphatic heterocycles. The molecule has 0 unspecified atom stereocenters. The Bertz CT molecular complexity index is 508. The summed E-state index contributed by atoms with van der Waals surface area (Å²) in [5.74, 6) is 5.24. The van der Waals surface area contributed by atoms with Crippen LogP contribution in [0.2, 0.25) is 0 Å². The number of terminal acetylenes is 2. The summed E-state index contributed by atoms with van der Waals surface area (Å²) in [6, 6.07) is 7.14. The number of hydrogen-bond donors (Lipinski definition) is 0. The van der Waals surface area contributed by atoms with Crippen LogP contribution in [-0.4, -0.2) is 32.3 Å². The fraction of sp³-hybridized carbons (Fsp3) is 0.312. The Morgan fingerprint density at radius 1 is 1.20 bits per heavy atom. The summed E-state index contributed by atoms with van der Waals surface area (Å²) < 4.78 is 10.3. The van der Waals surface area contributed by atoms with Crippen LogP contribution in [-0.2, 0) is 9.53 Å². The van der Waals surface area contributed by atoms with Gasteiger partial charge in [-0.25, -0.2) is 0 Å². The van der Waals surface area contributed by atoms with Gasteiger partial charge in [0.15, 0.2) is 0 Å². The van der Waals surface area contributed by atoms with Crippen LogP contribution in [0, 0.1) is 24.7 Å². The molecule has 1 aromatic rings. The summed E-state index contributed by atoms with van der Waals surface area (Å²) in [5, 5.41) is 0. The van der Waals surface area contributed by atoms with E-state index in [1.54, 1.807) is 29.2 Å². The number of carbonyl (C=O) groups is 1. The van der Waals surface area contributed by atoms with E-state index < -0.39 is 0 Å². The highest BCUT2D eigenvalue weighted by Crippen LogP contribution is 2.19. The Labute approximate surface area is 119 Å². The lowest BCUT2D eigenvalue weighted by Gasteiger charge is -2.21. The molecule has 1 rings (SSSR count). The molecule has 0 atom stereocenters. The van der Waals surface area contributed by atoms with Crippen molar-refractivity contribution in [3.05, 3.63) is 24.3 Å². The molecule has 0 radical (unpaired) electrons. The topological polar surface area (TPSA) is 38.8 Å². The summed E-state index contributed by atoms with van der Waals surface area (Å²) in [7, 11) is 0. The number of nitrogens with zero attached hydrogens (tertiary/aromatic N) is 1. The largest absolute Gasteiger partial charge is 0.481 e. The van der Waals surface area contributed by atoms with Crippen molar-refractivity contribution in [2.24, 2.45) is 0 Å². The van der Waals surface area contributed by atoms with Gasteiger partial charge in [0.25, 0.3) is 5.91 Å². The number of ether oxygens (including phenoxy) is 2. The Balaban J connectivity index is 2.67. The van der Waals surface area contributed by atoms with Crippen molar-refractivity contribution < 1.29 is 14.3 Å². The number of carbonyl (C=O) groups excluding carboxylic acids is 1. The number of likely N-dealkylation sites (N-methyl/N-ethyl adjacent to an activating group) is 1. The molecule has 20 heavy (non-hydrogen) atoms. The number of hydrogen-bond acceptors (Lipinski definition) is 3. The second kappa shape index (κ2) is 8.63. The van der Waals surface area contributed by atoms with Crippen LogP contribution in [0.15, 0.2) is 24.3 Å². The van der Waals surface area contributed by atoms with Crippen LogP contribution in [0.3, 0.4) is 0 Å². The normalized spacial score (nSPS) is 9.35. The number of amides is 1. The molecule has 0 aliphatic rings. The minimum atomic E-state index is -0.139. The number of anilines is 1. The fourth-order valence-electron chi connectivity index (χ4n) is 1.63. The number of rotatable bonds is 7. The van der Waals surface area contributed by atoms with Crippen LogP contribution < -0.4 is 9.64 Å². The predicted octanol–water partition coefficient (Wildman–Crippen LogP) is 1.70. The second-order valence-corrected chi connectivity index (χ2v) is 3.82. The predicted molar refractivity (Wildman–Crippen MR) is 78.4 cm³/mol. The minimum Gasteiger partial charge on any atom is -0.481 e. The molecule has 0 saturated heterocycles. The lowest BCUT2D eigenvalue weighted by molar-refractivity contribution is -0.122. The first kappa shape index (κ1) is 15.6. The molecule has 0 saturated carbocycles. The molecule has 0 aromatic heterocycles. The minimum absolute atomic E-state index is 0.0343. The zero-order valence-electron chi connectivity index (χ0n) is 11.5. The van der Waals surface area contributed by atoms with Crippen molar-refractivity contribution in [2.45, 2.75) is 6.92 Å². The van der Waals surface area contributed by atoms with Crippen LogP contribution in [0.25, 0.3) is 0 Å². The van der Waals surface area contributed by atoms with Crippen LogP contribution >= 0.6 is 0 Å². The third kappa shape index (κ3) is 4.68. The smallest absolute Gasteiger partial charge is 0.253 e. The van der Waals surface area contributed by atoms with Gasteiger partial charge in [0.2, 0.25) is 0 Å². The van der Waals surface area contributed by atoms with Crippen molar-refractivity contribution in [2.75, 3.05) is 31.3 Å². The van der Waals surface area contributed by atoms with Gasteiger partial charge >= 0.3 is 0 Å². The highest BCUT2D eigenvalue weighted by molar-refractivity contribution is 5.94. The van der Waals surface area contributed by atoms with Gasteiger partial charge in [0.05, 0.1) is 0 Å². The Kier molecular flexibility index (Phi) is 6.75. The maximum atomic E-state index is 12.0. The molecule has 0 N–H and O–H groups in total. The summed E-state index contributed by atoms with van der Waals surface area (Å²) in [4.78, 5) is 13.6. The summed E-state index contributed by atoms with van der Waals surface area (Å²) in [6.07, 6.45) is 10.2. The van der Waals surface area contributed by atoms with E-state index in [4.69, 9.17) is 22.3 Å². The van der Waals surface area contributed by atoms with Gasteiger partial charge in [0.1, 0.15) is 25.6 Å². The zero-order chi connectivity index (χ0) is 14.8. The van der Waals surface area contributed by atoms with E-state index in [0.717, 1.165) is 5.69 Å². The standard InChI is InChI=1S/C16H17NO3/c1-4-11-19-13-16(18)17(6-3)14-7-9-15(10-8-14)20-12-5-2/h1-2,7-10H,6,11-13H2,3H3. The highest BCUT2D eigenvalue weighted by atomic mass is 16.5. The van der Waals surface area contributed by atoms with Gasteiger partial charge in [-0.3, -0.25) is 4.79 Å². The van der Waals surface area contributed by atoms with Gasteiger partial charge in [-0.2, -0.15) is 0 Å². The maximum Gasteiger partial charge on any atom is 0.253 e. The van der Waals surface area contributed by atoms with Crippen LogP contribution in [0.5, 0.6) is 5.75 Å². The first-order valence-corrected chi connectivity index (χ1v) is 6.20. The van der Waals surface area contributed by atoms with E-state index >= 15 is 0 Å². The van der Waals surface area contributed by atoms with Gasteiger partial charge < -0.3 is 14.4 Å².